The smallest absolute Gasteiger partial charge is 0.217 e. The average molecular weight is 224 g/mol. The lowest BCUT2D eigenvalue weighted by Gasteiger charge is -2.09. The van der Waals surface area contributed by atoms with Crippen molar-refractivity contribution >= 4 is 5.91 Å². The Labute approximate surface area is 93.8 Å². The van der Waals surface area contributed by atoms with Crippen molar-refractivity contribution in [1.29, 1.82) is 0 Å². The topological polar surface area (TPSA) is 71.2 Å². The van der Waals surface area contributed by atoms with Gasteiger partial charge in [0.05, 0.1) is 12.3 Å². The standard InChI is InChI=1S/C11H16N2O3/c1-7-4-11(15)9(5-12-8(2)14)10(13-7)6-16-3/h4H,5-6H2,1-3H3,(H,12,14)(H,13,15). The van der Waals surface area contributed by atoms with E-state index in [-0.39, 0.29) is 17.9 Å². The Morgan fingerprint density at radius 2 is 2.25 bits per heavy atom. The summed E-state index contributed by atoms with van der Waals surface area (Å²) in [6.45, 7) is 3.77. The Hall–Kier alpha value is -1.62. The highest BCUT2D eigenvalue weighted by molar-refractivity contribution is 5.72. The molecule has 88 valence electrons. The zero-order valence-corrected chi connectivity index (χ0v) is 9.72. The maximum absolute atomic E-state index is 11.7. The van der Waals surface area contributed by atoms with Gasteiger partial charge < -0.3 is 15.0 Å². The number of ether oxygens (including phenoxy) is 1. The molecule has 5 heteroatoms. The van der Waals surface area contributed by atoms with Crippen LogP contribution >= 0.6 is 0 Å². The average Bonchev–Trinajstić information content (AvgIpc) is 2.16. The van der Waals surface area contributed by atoms with E-state index in [2.05, 4.69) is 10.3 Å². The van der Waals surface area contributed by atoms with Crippen molar-refractivity contribution in [3.8, 4) is 0 Å². The lowest BCUT2D eigenvalue weighted by atomic mass is 10.1. The predicted molar refractivity (Wildman–Crippen MR) is 60.0 cm³/mol. The van der Waals surface area contributed by atoms with Gasteiger partial charge in [-0.25, -0.2) is 0 Å². The molecule has 0 saturated carbocycles. The second kappa shape index (κ2) is 5.46. The number of amides is 1. The van der Waals surface area contributed by atoms with Crippen LogP contribution in [0.4, 0.5) is 0 Å². The third kappa shape index (κ3) is 3.20. The number of pyridine rings is 1. The quantitative estimate of drug-likeness (QED) is 0.780. The molecule has 0 aliphatic rings. The van der Waals surface area contributed by atoms with E-state index in [1.807, 2.05) is 6.92 Å². The minimum Gasteiger partial charge on any atom is -0.378 e. The molecule has 0 radical (unpaired) electrons. The maximum atomic E-state index is 11.7. The molecular weight excluding hydrogens is 208 g/mol. The van der Waals surface area contributed by atoms with Crippen molar-refractivity contribution < 1.29 is 9.53 Å². The Balaban J connectivity index is 3.03. The zero-order valence-electron chi connectivity index (χ0n) is 9.72. The summed E-state index contributed by atoms with van der Waals surface area (Å²) in [7, 11) is 1.56. The second-order valence-electron chi connectivity index (χ2n) is 3.62. The van der Waals surface area contributed by atoms with Gasteiger partial charge in [0.25, 0.3) is 0 Å². The number of hydrogen-bond donors (Lipinski definition) is 2. The number of H-pyrrole nitrogens is 1. The molecule has 0 atom stereocenters. The molecule has 0 aliphatic heterocycles. The summed E-state index contributed by atoms with van der Waals surface area (Å²) in [6.07, 6.45) is 0. The van der Waals surface area contributed by atoms with Crippen LogP contribution in [-0.4, -0.2) is 18.0 Å². The van der Waals surface area contributed by atoms with Gasteiger partial charge in [-0.05, 0) is 6.92 Å². The SMILES string of the molecule is COCc1[nH]c(C)cc(=O)c1CNC(C)=O. The molecule has 1 aromatic rings. The van der Waals surface area contributed by atoms with Gasteiger partial charge in [0.15, 0.2) is 5.43 Å². The predicted octanol–water partition coefficient (Wildman–Crippen LogP) is 0.466. The number of nitrogens with one attached hydrogen (secondary N) is 2. The number of hydrogen-bond acceptors (Lipinski definition) is 3. The minimum absolute atomic E-state index is 0.0861. The molecule has 1 rings (SSSR count). The van der Waals surface area contributed by atoms with E-state index in [0.29, 0.717) is 17.9 Å². The summed E-state index contributed by atoms with van der Waals surface area (Å²) < 4.78 is 5.00. The van der Waals surface area contributed by atoms with Gasteiger partial charge in [0.2, 0.25) is 5.91 Å². The molecule has 0 saturated heterocycles. The van der Waals surface area contributed by atoms with Crippen LogP contribution in [0.25, 0.3) is 0 Å². The summed E-state index contributed by atoms with van der Waals surface area (Å²) in [5.74, 6) is -0.164. The van der Waals surface area contributed by atoms with Crippen LogP contribution in [0.5, 0.6) is 0 Å². The van der Waals surface area contributed by atoms with Gasteiger partial charge in [-0.3, -0.25) is 9.59 Å². The van der Waals surface area contributed by atoms with Crippen LogP contribution in [0.2, 0.25) is 0 Å². The molecule has 1 aromatic heterocycles. The first-order valence-corrected chi connectivity index (χ1v) is 4.99. The van der Waals surface area contributed by atoms with E-state index < -0.39 is 0 Å². The van der Waals surface area contributed by atoms with Crippen molar-refractivity contribution in [2.24, 2.45) is 0 Å². The number of aromatic nitrogens is 1. The first-order valence-electron chi connectivity index (χ1n) is 4.99. The highest BCUT2D eigenvalue weighted by atomic mass is 16.5. The molecule has 0 bridgehead atoms. The van der Waals surface area contributed by atoms with Crippen molar-refractivity contribution in [2.45, 2.75) is 27.0 Å². The lowest BCUT2D eigenvalue weighted by molar-refractivity contribution is -0.119. The van der Waals surface area contributed by atoms with Crippen LogP contribution in [0, 0.1) is 6.92 Å². The summed E-state index contributed by atoms with van der Waals surface area (Å²) in [6, 6.07) is 1.51. The second-order valence-corrected chi connectivity index (χ2v) is 3.62. The van der Waals surface area contributed by atoms with Crippen molar-refractivity contribution in [3.05, 3.63) is 33.2 Å². The Morgan fingerprint density at radius 1 is 1.56 bits per heavy atom. The van der Waals surface area contributed by atoms with Crippen LogP contribution in [0.3, 0.4) is 0 Å². The normalized spacial score (nSPS) is 10.2. The Bertz CT molecular complexity index is 437. The largest absolute Gasteiger partial charge is 0.378 e. The van der Waals surface area contributed by atoms with Crippen molar-refractivity contribution in [2.75, 3.05) is 7.11 Å². The molecular formula is C11H16N2O3. The van der Waals surface area contributed by atoms with E-state index in [9.17, 15) is 9.59 Å². The number of methoxy groups -OCH3 is 1. The summed E-state index contributed by atoms with van der Waals surface area (Å²) >= 11 is 0. The van der Waals surface area contributed by atoms with E-state index in [1.54, 1.807) is 7.11 Å². The van der Waals surface area contributed by atoms with Gasteiger partial charge in [-0.15, -0.1) is 0 Å². The maximum Gasteiger partial charge on any atom is 0.217 e. The number of carbonyl (C=O) groups excluding carboxylic acids is 1. The molecule has 16 heavy (non-hydrogen) atoms. The Morgan fingerprint density at radius 3 is 2.81 bits per heavy atom. The monoisotopic (exact) mass is 224 g/mol. The highest BCUT2D eigenvalue weighted by Crippen LogP contribution is 2.03. The lowest BCUT2D eigenvalue weighted by Crippen LogP contribution is -2.25. The minimum atomic E-state index is -0.164. The molecule has 0 aromatic carbocycles. The fraction of sp³-hybridized carbons (Fsp3) is 0.455. The van der Waals surface area contributed by atoms with Crippen LogP contribution < -0.4 is 10.7 Å². The number of aryl methyl sites for hydroxylation is 1. The first-order chi connectivity index (χ1) is 7.54. The fourth-order valence-electron chi connectivity index (χ4n) is 1.46. The first kappa shape index (κ1) is 12.4. The molecule has 0 spiro atoms. The molecule has 0 aliphatic carbocycles. The summed E-state index contributed by atoms with van der Waals surface area (Å²) in [4.78, 5) is 25.6. The van der Waals surface area contributed by atoms with Crippen LogP contribution in [0.15, 0.2) is 10.9 Å². The van der Waals surface area contributed by atoms with Crippen molar-refractivity contribution in [3.63, 3.8) is 0 Å². The van der Waals surface area contributed by atoms with E-state index in [0.717, 1.165) is 5.69 Å². The van der Waals surface area contributed by atoms with Gasteiger partial charge in [0.1, 0.15) is 0 Å². The molecule has 5 nitrogen and oxygen atoms in total. The number of aromatic amines is 1. The van der Waals surface area contributed by atoms with Crippen molar-refractivity contribution in [1.82, 2.24) is 10.3 Å². The van der Waals surface area contributed by atoms with E-state index in [4.69, 9.17) is 4.74 Å². The summed E-state index contributed by atoms with van der Waals surface area (Å²) in [5.41, 5.74) is 1.95. The third-order valence-electron chi connectivity index (χ3n) is 2.16. The van der Waals surface area contributed by atoms with Gasteiger partial charge in [0, 0.05) is 37.9 Å². The zero-order chi connectivity index (χ0) is 12.1. The molecule has 2 N–H and O–H groups in total. The number of rotatable bonds is 4. The van der Waals surface area contributed by atoms with Gasteiger partial charge in [-0.2, -0.15) is 0 Å². The molecule has 1 amide bonds. The van der Waals surface area contributed by atoms with Gasteiger partial charge >= 0.3 is 0 Å². The van der Waals surface area contributed by atoms with Crippen LogP contribution in [-0.2, 0) is 22.7 Å². The highest BCUT2D eigenvalue weighted by Gasteiger charge is 2.08. The van der Waals surface area contributed by atoms with E-state index in [1.165, 1.54) is 13.0 Å². The number of carbonyl (C=O) groups is 1. The molecule has 0 unspecified atom stereocenters. The summed E-state index contributed by atoms with van der Waals surface area (Å²) in [5, 5.41) is 2.61. The van der Waals surface area contributed by atoms with Crippen LogP contribution in [0.1, 0.15) is 23.9 Å². The van der Waals surface area contributed by atoms with E-state index >= 15 is 0 Å². The van der Waals surface area contributed by atoms with Gasteiger partial charge in [-0.1, -0.05) is 0 Å². The Kier molecular flexibility index (Phi) is 4.25. The molecule has 1 heterocycles. The fourth-order valence-corrected chi connectivity index (χ4v) is 1.46. The third-order valence-corrected chi connectivity index (χ3v) is 2.16. The molecule has 0 fully saturated rings.